The quantitative estimate of drug-likeness (QED) is 0.829. The maximum atomic E-state index is 11.4. The van der Waals surface area contributed by atoms with Gasteiger partial charge < -0.3 is 19.7 Å². The van der Waals surface area contributed by atoms with E-state index in [-0.39, 0.29) is 23.6 Å². The van der Waals surface area contributed by atoms with Crippen LogP contribution in [0.25, 0.3) is 0 Å². The van der Waals surface area contributed by atoms with E-state index in [9.17, 15) is 9.90 Å². The molecule has 3 heterocycles. The minimum Gasteiger partial charge on any atom is -0.504 e. The third-order valence-corrected chi connectivity index (χ3v) is 5.35. The fourth-order valence-corrected chi connectivity index (χ4v) is 3.78. The molecule has 0 radical (unpaired) electrons. The molecule has 2 aliphatic rings. The van der Waals surface area contributed by atoms with Gasteiger partial charge in [-0.2, -0.15) is 4.98 Å². The molecule has 8 heteroatoms. The Morgan fingerprint density at radius 3 is 2.85 bits per heavy atom. The van der Waals surface area contributed by atoms with Crippen LogP contribution in [0.1, 0.15) is 54.9 Å². The summed E-state index contributed by atoms with van der Waals surface area (Å²) in [5.74, 6) is 2.25. The Labute approximate surface area is 157 Å². The number of hydrogen-bond donors (Lipinski definition) is 2. The third kappa shape index (κ3) is 3.90. The van der Waals surface area contributed by atoms with Crippen LogP contribution in [0, 0.1) is 0 Å². The fourth-order valence-electron chi connectivity index (χ4n) is 3.78. The second-order valence-corrected chi connectivity index (χ2v) is 7.21. The number of methoxy groups -OCH3 is 1. The Bertz CT molecular complexity index is 814. The maximum Gasteiger partial charge on any atom is 0.249 e. The van der Waals surface area contributed by atoms with Crippen molar-refractivity contribution < 1.29 is 19.2 Å². The Kier molecular flexibility index (Phi) is 4.98. The summed E-state index contributed by atoms with van der Waals surface area (Å²) in [6.07, 6.45) is 3.16. The van der Waals surface area contributed by atoms with E-state index >= 15 is 0 Å². The van der Waals surface area contributed by atoms with Gasteiger partial charge in [0.1, 0.15) is 6.04 Å². The molecule has 0 aliphatic carbocycles. The normalized spacial score (nSPS) is 21.4. The van der Waals surface area contributed by atoms with Crippen molar-refractivity contribution in [2.75, 3.05) is 20.2 Å². The van der Waals surface area contributed by atoms with Crippen molar-refractivity contribution in [1.29, 1.82) is 0 Å². The molecule has 2 N–H and O–H groups in total. The van der Waals surface area contributed by atoms with Gasteiger partial charge in [-0.25, -0.2) is 0 Å². The molecule has 2 fully saturated rings. The van der Waals surface area contributed by atoms with E-state index in [0.717, 1.165) is 50.3 Å². The Hall–Kier alpha value is -2.61. The van der Waals surface area contributed by atoms with Gasteiger partial charge in [0, 0.05) is 18.9 Å². The van der Waals surface area contributed by atoms with Crippen LogP contribution in [0.5, 0.6) is 11.5 Å². The highest BCUT2D eigenvalue weighted by atomic mass is 16.5. The zero-order chi connectivity index (χ0) is 18.8. The molecule has 4 rings (SSSR count). The van der Waals surface area contributed by atoms with Gasteiger partial charge in [-0.1, -0.05) is 11.2 Å². The van der Waals surface area contributed by atoms with Gasteiger partial charge in [0.25, 0.3) is 0 Å². The van der Waals surface area contributed by atoms with Gasteiger partial charge in [0.15, 0.2) is 17.3 Å². The highest BCUT2D eigenvalue weighted by molar-refractivity contribution is 5.78. The van der Waals surface area contributed by atoms with Crippen LogP contribution in [0.2, 0.25) is 0 Å². The average molecular weight is 372 g/mol. The molecule has 27 heavy (non-hydrogen) atoms. The number of benzene rings is 1. The number of phenols is 1. The second kappa shape index (κ2) is 7.56. The lowest BCUT2D eigenvalue weighted by Gasteiger charge is -2.30. The molecule has 1 aromatic carbocycles. The first-order valence-corrected chi connectivity index (χ1v) is 9.33. The molecule has 8 nitrogen and oxygen atoms in total. The number of carbonyl (C=O) groups excluding carboxylic acids is 1. The van der Waals surface area contributed by atoms with Gasteiger partial charge in [-0.05, 0) is 50.0 Å². The Balaban J connectivity index is 1.32. The standard InChI is InChI=1S/C19H24N4O4/c1-26-16-10-12(2-4-15(16)24)11-23-8-6-13(7-9-23)18-21-19(27-22-18)14-3-5-17(25)20-14/h2,4,10,13-14,24H,3,5-9,11H2,1H3,(H,20,25)/t14-/m1/s1. The molecule has 2 aliphatic heterocycles. The van der Waals surface area contributed by atoms with E-state index in [4.69, 9.17) is 9.26 Å². The summed E-state index contributed by atoms with van der Waals surface area (Å²) in [5, 5.41) is 16.7. The summed E-state index contributed by atoms with van der Waals surface area (Å²) in [7, 11) is 1.56. The van der Waals surface area contributed by atoms with Gasteiger partial charge in [-0.3, -0.25) is 9.69 Å². The van der Waals surface area contributed by atoms with Gasteiger partial charge >= 0.3 is 0 Å². The SMILES string of the molecule is COc1cc(CN2CCC(c3noc([C@H]4CCC(=O)N4)n3)CC2)ccc1O. The number of carbonyl (C=O) groups is 1. The summed E-state index contributed by atoms with van der Waals surface area (Å²) in [6.45, 7) is 2.70. The number of aromatic hydroxyl groups is 1. The number of nitrogens with zero attached hydrogens (tertiary/aromatic N) is 3. The molecule has 0 unspecified atom stereocenters. The van der Waals surface area contributed by atoms with Gasteiger partial charge in [0.2, 0.25) is 11.8 Å². The molecule has 1 atom stereocenters. The first-order valence-electron chi connectivity index (χ1n) is 9.33. The number of piperidine rings is 1. The minimum atomic E-state index is -0.136. The predicted molar refractivity (Wildman–Crippen MR) is 96.3 cm³/mol. The highest BCUT2D eigenvalue weighted by Crippen LogP contribution is 2.31. The van der Waals surface area contributed by atoms with E-state index in [0.29, 0.717) is 18.1 Å². The maximum absolute atomic E-state index is 11.4. The molecule has 1 aromatic heterocycles. The molecular formula is C19H24N4O4. The Morgan fingerprint density at radius 1 is 1.33 bits per heavy atom. The second-order valence-electron chi connectivity index (χ2n) is 7.21. The van der Waals surface area contributed by atoms with E-state index < -0.39 is 0 Å². The molecule has 1 amide bonds. The van der Waals surface area contributed by atoms with Gasteiger partial charge in [0.05, 0.1) is 7.11 Å². The average Bonchev–Trinajstić information content (AvgIpc) is 3.33. The van der Waals surface area contributed by atoms with Gasteiger partial charge in [-0.15, -0.1) is 0 Å². The first-order chi connectivity index (χ1) is 13.1. The number of amides is 1. The predicted octanol–water partition coefficient (Wildman–Crippen LogP) is 2.11. The number of rotatable bonds is 5. The van der Waals surface area contributed by atoms with Crippen molar-refractivity contribution in [3.05, 3.63) is 35.5 Å². The zero-order valence-corrected chi connectivity index (χ0v) is 15.4. The van der Waals surface area contributed by atoms with Crippen molar-refractivity contribution in [3.8, 4) is 11.5 Å². The zero-order valence-electron chi connectivity index (χ0n) is 15.4. The smallest absolute Gasteiger partial charge is 0.249 e. The lowest BCUT2D eigenvalue weighted by Crippen LogP contribution is -2.32. The number of ether oxygens (including phenoxy) is 1. The van der Waals surface area contributed by atoms with Crippen LogP contribution in [0.4, 0.5) is 0 Å². The van der Waals surface area contributed by atoms with Crippen LogP contribution in [-0.2, 0) is 11.3 Å². The van der Waals surface area contributed by atoms with Crippen molar-refractivity contribution in [2.45, 2.75) is 44.2 Å². The van der Waals surface area contributed by atoms with Crippen molar-refractivity contribution in [2.24, 2.45) is 0 Å². The van der Waals surface area contributed by atoms with Crippen LogP contribution in [0.15, 0.2) is 22.7 Å². The highest BCUT2D eigenvalue weighted by Gasteiger charge is 2.30. The molecule has 144 valence electrons. The van der Waals surface area contributed by atoms with E-state index in [1.807, 2.05) is 12.1 Å². The third-order valence-electron chi connectivity index (χ3n) is 5.35. The molecule has 0 bridgehead atoms. The van der Waals surface area contributed by atoms with E-state index in [2.05, 4.69) is 20.4 Å². The van der Waals surface area contributed by atoms with E-state index in [1.54, 1.807) is 13.2 Å². The van der Waals surface area contributed by atoms with Crippen molar-refractivity contribution in [3.63, 3.8) is 0 Å². The summed E-state index contributed by atoms with van der Waals surface area (Å²) >= 11 is 0. The lowest BCUT2D eigenvalue weighted by molar-refractivity contribution is -0.119. The van der Waals surface area contributed by atoms with Crippen LogP contribution in [0.3, 0.4) is 0 Å². The van der Waals surface area contributed by atoms with Crippen LogP contribution in [-0.4, -0.2) is 46.3 Å². The lowest BCUT2D eigenvalue weighted by atomic mass is 9.96. The summed E-state index contributed by atoms with van der Waals surface area (Å²) in [4.78, 5) is 18.3. The monoisotopic (exact) mass is 372 g/mol. The largest absolute Gasteiger partial charge is 0.504 e. The molecule has 0 spiro atoms. The van der Waals surface area contributed by atoms with E-state index in [1.165, 1.54) is 0 Å². The molecule has 0 saturated carbocycles. The van der Waals surface area contributed by atoms with Crippen molar-refractivity contribution >= 4 is 5.91 Å². The summed E-state index contributed by atoms with van der Waals surface area (Å²) in [5.41, 5.74) is 1.11. The topological polar surface area (TPSA) is 101 Å². The molecule has 2 aromatic rings. The summed E-state index contributed by atoms with van der Waals surface area (Å²) in [6, 6.07) is 5.33. The molecule has 2 saturated heterocycles. The fraction of sp³-hybridized carbons (Fsp3) is 0.526. The number of phenolic OH excluding ortho intramolecular Hbond substituents is 1. The van der Waals surface area contributed by atoms with Crippen molar-refractivity contribution in [1.82, 2.24) is 20.4 Å². The number of aromatic nitrogens is 2. The Morgan fingerprint density at radius 2 is 2.15 bits per heavy atom. The number of nitrogens with one attached hydrogen (secondary N) is 1. The number of hydrogen-bond acceptors (Lipinski definition) is 7. The first kappa shape index (κ1) is 17.8. The molecular weight excluding hydrogens is 348 g/mol. The minimum absolute atomic E-state index is 0.0407. The number of likely N-dealkylation sites (tertiary alicyclic amines) is 1. The summed E-state index contributed by atoms with van der Waals surface area (Å²) < 4.78 is 10.6. The van der Waals surface area contributed by atoms with Crippen LogP contribution >= 0.6 is 0 Å². The van der Waals surface area contributed by atoms with Crippen LogP contribution < -0.4 is 10.1 Å².